The van der Waals surface area contributed by atoms with Gasteiger partial charge in [-0.15, -0.1) is 0 Å². The number of alkyl halides is 3. The van der Waals surface area contributed by atoms with Crippen molar-refractivity contribution in [2.24, 2.45) is 0 Å². The van der Waals surface area contributed by atoms with E-state index in [-0.39, 0.29) is 35.6 Å². The van der Waals surface area contributed by atoms with Gasteiger partial charge >= 0.3 is 6.18 Å². The number of benzene rings is 1. The van der Waals surface area contributed by atoms with Crippen LogP contribution in [0.4, 0.5) is 17.6 Å². The van der Waals surface area contributed by atoms with Gasteiger partial charge in [-0.2, -0.15) is 13.2 Å². The summed E-state index contributed by atoms with van der Waals surface area (Å²) >= 11 is 0. The van der Waals surface area contributed by atoms with Crippen LogP contribution in [0, 0.1) is 5.82 Å². The van der Waals surface area contributed by atoms with Gasteiger partial charge in [0.15, 0.2) is 11.6 Å². The second-order valence-corrected chi connectivity index (χ2v) is 10.2. The van der Waals surface area contributed by atoms with Gasteiger partial charge in [0.1, 0.15) is 0 Å². The molecule has 10 heteroatoms. The summed E-state index contributed by atoms with van der Waals surface area (Å²) in [5, 5.41) is 3.56. The number of nitrogens with zero attached hydrogens (tertiary/aromatic N) is 2. The number of ketones is 1. The molecule has 0 saturated carbocycles. The largest absolute Gasteiger partial charge is 0.488 e. The Hall–Kier alpha value is -2.88. The Morgan fingerprint density at radius 1 is 1.09 bits per heavy atom. The number of aromatic nitrogens is 1. The van der Waals surface area contributed by atoms with Crippen molar-refractivity contribution in [3.05, 3.63) is 53.1 Å². The molecule has 0 aliphatic carbocycles. The van der Waals surface area contributed by atoms with Crippen LogP contribution in [0.5, 0.6) is 5.75 Å². The lowest BCUT2D eigenvalue weighted by molar-refractivity contribution is -0.0892. The third-order valence-corrected chi connectivity index (χ3v) is 6.54. The molecule has 1 spiro atoms. The minimum atomic E-state index is -4.96. The lowest BCUT2D eigenvalue weighted by Gasteiger charge is -2.51. The normalized spacial score (nSPS) is 19.1. The number of nitrogens with one attached hydrogen (secondary N) is 1. The summed E-state index contributed by atoms with van der Waals surface area (Å²) in [6, 6.07) is 6.92. The number of piperidine rings is 1. The monoisotopic (exact) mass is 495 g/mol. The molecule has 3 heterocycles. The zero-order valence-corrected chi connectivity index (χ0v) is 20.1. The average molecular weight is 496 g/mol. The van der Waals surface area contributed by atoms with Gasteiger partial charge in [0.2, 0.25) is 0 Å². The second-order valence-electron chi connectivity index (χ2n) is 10.2. The van der Waals surface area contributed by atoms with Crippen molar-refractivity contribution in [2.75, 3.05) is 13.1 Å². The summed E-state index contributed by atoms with van der Waals surface area (Å²) in [5.74, 6) is -2.73. The van der Waals surface area contributed by atoms with Crippen LogP contribution in [0.1, 0.15) is 67.1 Å². The Morgan fingerprint density at radius 2 is 1.74 bits per heavy atom. The molecule has 1 N–H and O–H groups in total. The van der Waals surface area contributed by atoms with Gasteiger partial charge in [0.05, 0.1) is 17.3 Å². The zero-order valence-electron chi connectivity index (χ0n) is 20.1. The Balaban J connectivity index is 1.56. The highest BCUT2D eigenvalue weighted by Gasteiger charge is 2.49. The molecule has 1 aromatic carbocycles. The SMILES string of the molecule is CC(C)Oc1ccc(C(=O)N2CCC3(CC2)NC(C)(C)Cn2c(C(=O)C(F)(F)F)ccc23)cc1F. The van der Waals surface area contributed by atoms with Crippen molar-refractivity contribution in [3.63, 3.8) is 0 Å². The number of Topliss-reactive ketones (excluding diaryl/α,β-unsaturated/α-hetero) is 1. The van der Waals surface area contributed by atoms with Gasteiger partial charge < -0.3 is 14.2 Å². The Labute approximate surface area is 201 Å². The molecule has 1 fully saturated rings. The van der Waals surface area contributed by atoms with Crippen molar-refractivity contribution in [1.82, 2.24) is 14.8 Å². The van der Waals surface area contributed by atoms with Crippen LogP contribution < -0.4 is 10.1 Å². The summed E-state index contributed by atoms with van der Waals surface area (Å²) in [5.41, 5.74) is -0.832. The Bertz CT molecular complexity index is 1150. The summed E-state index contributed by atoms with van der Waals surface area (Å²) in [4.78, 5) is 26.7. The Morgan fingerprint density at radius 3 is 2.31 bits per heavy atom. The maximum absolute atomic E-state index is 14.4. The van der Waals surface area contributed by atoms with Crippen LogP contribution in [0.3, 0.4) is 0 Å². The van der Waals surface area contributed by atoms with Crippen LogP contribution in [-0.2, 0) is 12.1 Å². The number of hydrogen-bond donors (Lipinski definition) is 1. The van der Waals surface area contributed by atoms with E-state index >= 15 is 0 Å². The maximum atomic E-state index is 14.4. The fourth-order valence-electron chi connectivity index (χ4n) is 5.18. The standard InChI is InChI=1S/C25H29F4N3O3/c1-15(2)35-19-7-5-16(13-17(19)26)22(34)31-11-9-24(10-12-31)20-8-6-18(21(33)25(27,28)29)32(20)14-23(3,4)30-24/h5-8,13,15,30H,9-12,14H2,1-4H3. The molecule has 6 nitrogen and oxygen atoms in total. The van der Waals surface area contributed by atoms with E-state index in [1.54, 1.807) is 24.8 Å². The first-order chi connectivity index (χ1) is 16.2. The molecule has 1 aromatic heterocycles. The van der Waals surface area contributed by atoms with Crippen molar-refractivity contribution in [1.29, 1.82) is 0 Å². The summed E-state index contributed by atoms with van der Waals surface area (Å²) < 4.78 is 60.8. The summed E-state index contributed by atoms with van der Waals surface area (Å²) in [6.07, 6.45) is -4.30. The first-order valence-corrected chi connectivity index (χ1v) is 11.6. The van der Waals surface area contributed by atoms with Gasteiger partial charge in [-0.05, 0) is 70.9 Å². The number of likely N-dealkylation sites (tertiary alicyclic amines) is 1. The fourth-order valence-corrected chi connectivity index (χ4v) is 5.18. The van der Waals surface area contributed by atoms with Crippen LogP contribution in [-0.4, -0.2) is 52.1 Å². The topological polar surface area (TPSA) is 63.6 Å². The lowest BCUT2D eigenvalue weighted by Crippen LogP contribution is -2.63. The van der Waals surface area contributed by atoms with Crippen LogP contribution >= 0.6 is 0 Å². The van der Waals surface area contributed by atoms with Crippen molar-refractivity contribution >= 4 is 11.7 Å². The van der Waals surface area contributed by atoms with E-state index in [2.05, 4.69) is 5.32 Å². The Kier molecular flexibility index (Phi) is 6.24. The number of carbonyl (C=O) groups is 2. The van der Waals surface area contributed by atoms with E-state index in [1.807, 2.05) is 13.8 Å². The number of amides is 1. The molecule has 1 saturated heterocycles. The quantitative estimate of drug-likeness (QED) is 0.495. The van der Waals surface area contributed by atoms with E-state index in [4.69, 9.17) is 4.74 Å². The third-order valence-electron chi connectivity index (χ3n) is 6.54. The highest BCUT2D eigenvalue weighted by atomic mass is 19.4. The van der Waals surface area contributed by atoms with Gasteiger partial charge in [0, 0.05) is 36.4 Å². The molecule has 4 rings (SSSR count). The van der Waals surface area contributed by atoms with Crippen LogP contribution in [0.2, 0.25) is 0 Å². The molecule has 2 aromatic rings. The molecule has 0 unspecified atom stereocenters. The van der Waals surface area contributed by atoms with Crippen molar-refractivity contribution < 1.29 is 31.9 Å². The van der Waals surface area contributed by atoms with Crippen molar-refractivity contribution in [3.8, 4) is 5.75 Å². The molecular weight excluding hydrogens is 466 g/mol. The number of halogens is 4. The fraction of sp³-hybridized carbons (Fsp3) is 0.520. The minimum Gasteiger partial charge on any atom is -0.488 e. The van der Waals surface area contributed by atoms with Crippen molar-refractivity contribution in [2.45, 2.75) is 70.4 Å². The average Bonchev–Trinajstić information content (AvgIpc) is 3.17. The minimum absolute atomic E-state index is 0.0766. The number of hydrogen-bond acceptors (Lipinski definition) is 4. The second kappa shape index (κ2) is 8.65. The smallest absolute Gasteiger partial charge is 0.456 e. The van der Waals surface area contributed by atoms with Gasteiger partial charge in [-0.1, -0.05) is 0 Å². The van der Waals surface area contributed by atoms with Gasteiger partial charge in [0.25, 0.3) is 11.7 Å². The number of rotatable bonds is 4. The maximum Gasteiger partial charge on any atom is 0.456 e. The van der Waals surface area contributed by atoms with E-state index in [1.165, 1.54) is 22.8 Å². The van der Waals surface area contributed by atoms with E-state index in [0.717, 1.165) is 6.07 Å². The molecule has 0 radical (unpaired) electrons. The molecule has 2 aliphatic heterocycles. The first kappa shape index (κ1) is 25.2. The van der Waals surface area contributed by atoms with Crippen LogP contribution in [0.25, 0.3) is 0 Å². The highest BCUT2D eigenvalue weighted by molar-refractivity contribution is 5.99. The number of fused-ring (bicyclic) bond motifs is 2. The predicted molar refractivity (Wildman–Crippen MR) is 121 cm³/mol. The molecule has 2 aliphatic rings. The molecular formula is C25H29F4N3O3. The van der Waals surface area contributed by atoms with Gasteiger partial charge in [-0.25, -0.2) is 4.39 Å². The zero-order chi connectivity index (χ0) is 25.8. The van der Waals surface area contributed by atoms with E-state index < -0.39 is 28.9 Å². The molecule has 1 amide bonds. The summed E-state index contributed by atoms with van der Waals surface area (Å²) in [7, 11) is 0. The van der Waals surface area contributed by atoms with E-state index in [0.29, 0.717) is 31.6 Å². The van der Waals surface area contributed by atoms with E-state index in [9.17, 15) is 27.2 Å². The van der Waals surface area contributed by atoms with Gasteiger partial charge in [-0.3, -0.25) is 14.9 Å². The molecule has 0 bridgehead atoms. The summed E-state index contributed by atoms with van der Waals surface area (Å²) in [6.45, 7) is 8.16. The highest BCUT2D eigenvalue weighted by Crippen LogP contribution is 2.41. The number of ether oxygens (including phenoxy) is 1. The lowest BCUT2D eigenvalue weighted by atomic mass is 9.79. The third kappa shape index (κ3) is 4.80. The van der Waals surface area contributed by atoms with Crippen LogP contribution in [0.15, 0.2) is 30.3 Å². The molecule has 0 atom stereocenters. The molecule has 190 valence electrons. The molecule has 35 heavy (non-hydrogen) atoms. The predicted octanol–water partition coefficient (Wildman–Crippen LogP) is 4.67. The first-order valence-electron chi connectivity index (χ1n) is 11.6. The number of carbonyl (C=O) groups excluding carboxylic acids is 2.